The van der Waals surface area contributed by atoms with Gasteiger partial charge in [0.25, 0.3) is 0 Å². The number of hydrogen-bond acceptors (Lipinski definition) is 1. The highest BCUT2D eigenvalue weighted by Crippen LogP contribution is 2.66. The molecular formula is C64H42N2S. The van der Waals surface area contributed by atoms with Crippen molar-refractivity contribution in [3.63, 3.8) is 0 Å². The van der Waals surface area contributed by atoms with Crippen LogP contribution in [0, 0.1) is 0 Å². The molecule has 2 aliphatic carbocycles. The molecule has 2 unspecified atom stereocenters. The lowest BCUT2D eigenvalue weighted by molar-refractivity contribution is 0.652. The van der Waals surface area contributed by atoms with E-state index in [0.29, 0.717) is 5.92 Å². The first-order valence-electron chi connectivity index (χ1n) is 23.5. The minimum atomic E-state index is 0.143. The summed E-state index contributed by atoms with van der Waals surface area (Å²) in [6.45, 7) is 0. The average molecular weight is 871 g/mol. The largest absolute Gasteiger partial charge is 0.309 e. The Hall–Kier alpha value is -7.98. The van der Waals surface area contributed by atoms with Gasteiger partial charge in [0.15, 0.2) is 0 Å². The van der Waals surface area contributed by atoms with Gasteiger partial charge >= 0.3 is 0 Å². The van der Waals surface area contributed by atoms with E-state index in [9.17, 15) is 0 Å². The number of para-hydroxylation sites is 2. The van der Waals surface area contributed by atoms with E-state index in [-0.39, 0.29) is 5.41 Å². The number of thiophene rings is 1. The van der Waals surface area contributed by atoms with Crippen LogP contribution in [0.15, 0.2) is 224 Å². The molecule has 1 spiro atoms. The Morgan fingerprint density at radius 2 is 1.04 bits per heavy atom. The van der Waals surface area contributed by atoms with Crippen LogP contribution in [0.25, 0.3) is 109 Å². The monoisotopic (exact) mass is 870 g/mol. The maximum Gasteiger partial charge on any atom is 0.0719 e. The van der Waals surface area contributed by atoms with E-state index in [1.807, 2.05) is 11.3 Å². The van der Waals surface area contributed by atoms with Crippen molar-refractivity contribution < 1.29 is 0 Å². The van der Waals surface area contributed by atoms with Crippen LogP contribution in [-0.4, -0.2) is 9.13 Å². The molecule has 3 heterocycles. The first-order valence-corrected chi connectivity index (χ1v) is 24.4. The predicted octanol–water partition coefficient (Wildman–Crippen LogP) is 17.2. The van der Waals surface area contributed by atoms with Crippen LogP contribution < -0.4 is 0 Å². The maximum absolute atomic E-state index is 2.55. The number of fused-ring (bicyclic) bond motifs is 14. The third kappa shape index (κ3) is 5.44. The highest BCUT2D eigenvalue weighted by atomic mass is 32.1. The lowest BCUT2D eigenvalue weighted by Crippen LogP contribution is -2.19. The van der Waals surface area contributed by atoms with Crippen LogP contribution in [0.4, 0.5) is 0 Å². The Morgan fingerprint density at radius 3 is 1.88 bits per heavy atom. The van der Waals surface area contributed by atoms with Crippen molar-refractivity contribution in [3.8, 4) is 44.8 Å². The molecule has 13 aromatic rings. The van der Waals surface area contributed by atoms with Gasteiger partial charge in [-0.2, -0.15) is 0 Å². The van der Waals surface area contributed by atoms with Crippen LogP contribution in [-0.2, 0) is 11.8 Å². The summed E-state index contributed by atoms with van der Waals surface area (Å²) in [4.78, 5) is 0. The lowest BCUT2D eigenvalue weighted by Gasteiger charge is -2.29. The van der Waals surface area contributed by atoms with Crippen molar-refractivity contribution in [2.45, 2.75) is 24.2 Å². The van der Waals surface area contributed by atoms with Crippen molar-refractivity contribution in [1.82, 2.24) is 9.13 Å². The second kappa shape index (κ2) is 14.0. The molecule has 0 aliphatic heterocycles. The summed E-state index contributed by atoms with van der Waals surface area (Å²) in [5.74, 6) is 0.485. The Labute approximate surface area is 392 Å². The van der Waals surface area contributed by atoms with Gasteiger partial charge in [-0.3, -0.25) is 0 Å². The van der Waals surface area contributed by atoms with Crippen molar-refractivity contribution in [3.05, 3.63) is 241 Å². The minimum Gasteiger partial charge on any atom is -0.309 e. The fourth-order valence-corrected chi connectivity index (χ4v) is 13.5. The highest BCUT2D eigenvalue weighted by Gasteiger charge is 2.58. The summed E-state index contributed by atoms with van der Waals surface area (Å²) < 4.78 is 7.67. The standard InChI is InChI=1S/C64H42N2S/c1-2-14-40(15-3-1)41-17-12-18-42(34-41)43-19-13-20-46(35-43)66-60-32-29-47(65-58-26-10-7-23-50(58)51-24-8-11-27-59(51)65)37-54(60)52-30-31-53-55-36-44(28-33-61(55)67-63(53)62(52)66)57-39-64(57)38-45-16-4-5-21-48(45)49-22-6-9-25-56(49)64/h1-37,57H,38-39H2. The number of benzene rings is 10. The molecule has 2 aliphatic rings. The molecule has 1 saturated carbocycles. The SMILES string of the molecule is c1ccc(-c2cccc(-c3cccc(-n4c5ccc(-n6c7ccccc7c7ccccc76)cc5c5ccc6c7cc(C8CC89Cc8ccccc8-c8ccccc89)ccc7sc6c54)c3)c2)cc1. The fourth-order valence-electron chi connectivity index (χ4n) is 12.3. The fraction of sp³-hybridized carbons (Fsp3) is 0.0625. The molecule has 67 heavy (non-hydrogen) atoms. The Morgan fingerprint density at radius 1 is 0.403 bits per heavy atom. The van der Waals surface area contributed by atoms with Crippen molar-refractivity contribution in [2.24, 2.45) is 0 Å². The first kappa shape index (κ1) is 37.3. The van der Waals surface area contributed by atoms with Crippen LogP contribution in [0.3, 0.4) is 0 Å². The molecule has 314 valence electrons. The molecule has 1 fully saturated rings. The minimum absolute atomic E-state index is 0.143. The van der Waals surface area contributed by atoms with Gasteiger partial charge in [0, 0.05) is 53.8 Å². The second-order valence-electron chi connectivity index (χ2n) is 18.9. The zero-order valence-electron chi connectivity index (χ0n) is 36.7. The Kier molecular flexibility index (Phi) is 7.79. The van der Waals surface area contributed by atoms with Crippen LogP contribution >= 0.6 is 11.3 Å². The topological polar surface area (TPSA) is 9.86 Å². The lowest BCUT2D eigenvalue weighted by atomic mass is 9.74. The quantitative estimate of drug-likeness (QED) is 0.163. The van der Waals surface area contributed by atoms with Gasteiger partial charge in [0.05, 0.1) is 26.8 Å². The molecule has 3 heteroatoms. The van der Waals surface area contributed by atoms with Gasteiger partial charge in [0.2, 0.25) is 0 Å². The molecule has 2 nitrogen and oxygen atoms in total. The Bertz CT molecular complexity index is 4130. The molecule has 3 aromatic heterocycles. The van der Waals surface area contributed by atoms with E-state index in [1.54, 1.807) is 0 Å². The van der Waals surface area contributed by atoms with E-state index >= 15 is 0 Å². The summed E-state index contributed by atoms with van der Waals surface area (Å²) in [6, 6.07) is 84.1. The molecule has 0 bridgehead atoms. The number of rotatable bonds is 5. The number of aromatic nitrogens is 2. The molecule has 2 atom stereocenters. The number of hydrogen-bond donors (Lipinski definition) is 0. The average Bonchev–Trinajstić information content (AvgIpc) is 3.64. The summed E-state index contributed by atoms with van der Waals surface area (Å²) in [6.07, 6.45) is 2.28. The van der Waals surface area contributed by atoms with E-state index in [4.69, 9.17) is 0 Å². The molecule has 0 N–H and O–H groups in total. The van der Waals surface area contributed by atoms with Gasteiger partial charge in [0.1, 0.15) is 0 Å². The maximum atomic E-state index is 2.55. The molecule has 0 radical (unpaired) electrons. The first-order chi connectivity index (χ1) is 33.2. The van der Waals surface area contributed by atoms with Crippen LogP contribution in [0.2, 0.25) is 0 Å². The Balaban J connectivity index is 0.933. The predicted molar refractivity (Wildman–Crippen MR) is 283 cm³/mol. The molecule has 15 rings (SSSR count). The number of nitrogens with zero attached hydrogens (tertiary/aromatic N) is 2. The van der Waals surface area contributed by atoms with E-state index in [0.717, 1.165) is 12.1 Å². The van der Waals surface area contributed by atoms with Crippen LogP contribution in [0.1, 0.15) is 29.0 Å². The van der Waals surface area contributed by atoms with Crippen molar-refractivity contribution in [1.29, 1.82) is 0 Å². The summed E-state index contributed by atoms with van der Waals surface area (Å²) in [5.41, 5.74) is 19.5. The molecular weight excluding hydrogens is 829 g/mol. The molecule has 0 saturated heterocycles. The van der Waals surface area contributed by atoms with E-state index in [1.165, 1.54) is 126 Å². The summed E-state index contributed by atoms with van der Waals surface area (Å²) >= 11 is 1.94. The van der Waals surface area contributed by atoms with E-state index in [2.05, 4.69) is 234 Å². The normalized spacial score (nSPS) is 16.4. The molecule has 10 aromatic carbocycles. The van der Waals surface area contributed by atoms with Gasteiger partial charge in [-0.1, -0.05) is 164 Å². The summed E-state index contributed by atoms with van der Waals surface area (Å²) in [7, 11) is 0. The smallest absolute Gasteiger partial charge is 0.0719 e. The van der Waals surface area contributed by atoms with Gasteiger partial charge < -0.3 is 9.13 Å². The highest BCUT2D eigenvalue weighted by molar-refractivity contribution is 7.26. The molecule has 0 amide bonds. The van der Waals surface area contributed by atoms with Gasteiger partial charge in [-0.15, -0.1) is 11.3 Å². The van der Waals surface area contributed by atoms with Gasteiger partial charge in [-0.25, -0.2) is 0 Å². The third-order valence-corrected chi connectivity index (χ3v) is 16.6. The second-order valence-corrected chi connectivity index (χ2v) is 19.9. The van der Waals surface area contributed by atoms with Gasteiger partial charge in [-0.05, 0) is 129 Å². The van der Waals surface area contributed by atoms with Crippen molar-refractivity contribution >= 4 is 75.1 Å². The zero-order valence-corrected chi connectivity index (χ0v) is 37.5. The van der Waals surface area contributed by atoms with Crippen LogP contribution in [0.5, 0.6) is 0 Å². The zero-order chi connectivity index (χ0) is 43.8. The van der Waals surface area contributed by atoms with Crippen molar-refractivity contribution in [2.75, 3.05) is 0 Å². The summed E-state index contributed by atoms with van der Waals surface area (Å²) in [5, 5.41) is 7.76. The van der Waals surface area contributed by atoms with E-state index < -0.39 is 0 Å². The third-order valence-electron chi connectivity index (χ3n) is 15.4.